The standard InChI is InChI=1S/C19H25N5O4/c1-20-17-19(24(6-11-25-2)7-12-26-3)21-16(15-5-4-10-28-15)18(22-17)23-8-13-27-14-9-23/h4-5,10H,6-9,11-14H2,2-3H3. The van der Waals surface area contributed by atoms with E-state index in [1.807, 2.05) is 17.0 Å². The van der Waals surface area contributed by atoms with E-state index in [9.17, 15) is 0 Å². The molecular formula is C19H25N5O4. The Morgan fingerprint density at radius 3 is 2.46 bits per heavy atom. The van der Waals surface area contributed by atoms with Gasteiger partial charge in [0.2, 0.25) is 0 Å². The highest BCUT2D eigenvalue weighted by molar-refractivity contribution is 5.76. The number of ether oxygens (including phenoxy) is 3. The molecule has 0 aromatic carbocycles. The molecule has 2 aromatic heterocycles. The van der Waals surface area contributed by atoms with Crippen LogP contribution < -0.4 is 9.80 Å². The summed E-state index contributed by atoms with van der Waals surface area (Å²) in [6.07, 6.45) is 1.61. The molecule has 150 valence electrons. The summed E-state index contributed by atoms with van der Waals surface area (Å²) in [7, 11) is 3.29. The third-order valence-electron chi connectivity index (χ3n) is 4.44. The van der Waals surface area contributed by atoms with Gasteiger partial charge in [-0.05, 0) is 12.1 Å². The number of morpholine rings is 1. The van der Waals surface area contributed by atoms with Crippen molar-refractivity contribution in [2.75, 3.05) is 76.6 Å². The Kier molecular flexibility index (Phi) is 7.19. The summed E-state index contributed by atoms with van der Waals surface area (Å²) in [5.74, 6) is 2.02. The number of methoxy groups -OCH3 is 2. The number of nitrogens with zero attached hydrogens (tertiary/aromatic N) is 5. The fourth-order valence-corrected chi connectivity index (χ4v) is 3.00. The summed E-state index contributed by atoms with van der Waals surface area (Å²) < 4.78 is 21.5. The van der Waals surface area contributed by atoms with Crippen LogP contribution in [0.15, 0.2) is 22.8 Å². The predicted octanol–water partition coefficient (Wildman–Crippen LogP) is 2.22. The number of aromatic nitrogens is 2. The van der Waals surface area contributed by atoms with Crippen LogP contribution in [0.2, 0.25) is 0 Å². The van der Waals surface area contributed by atoms with Gasteiger partial charge in [0.1, 0.15) is 0 Å². The lowest BCUT2D eigenvalue weighted by molar-refractivity contribution is 0.122. The summed E-state index contributed by atoms with van der Waals surface area (Å²) in [5.41, 5.74) is 0.620. The molecule has 3 rings (SSSR count). The third kappa shape index (κ3) is 4.59. The number of hydrogen-bond donors (Lipinski definition) is 0. The van der Waals surface area contributed by atoms with E-state index in [1.165, 1.54) is 0 Å². The minimum atomic E-state index is 0.254. The number of furan rings is 1. The Bertz CT molecular complexity index is 776. The molecule has 2 aromatic rings. The first-order valence-corrected chi connectivity index (χ1v) is 9.17. The van der Waals surface area contributed by atoms with Crippen molar-refractivity contribution in [1.82, 2.24) is 9.97 Å². The van der Waals surface area contributed by atoms with Crippen molar-refractivity contribution in [3.05, 3.63) is 29.8 Å². The van der Waals surface area contributed by atoms with Crippen LogP contribution in [0.4, 0.5) is 17.5 Å². The minimum absolute atomic E-state index is 0.254. The van der Waals surface area contributed by atoms with Crippen molar-refractivity contribution >= 4 is 17.5 Å². The van der Waals surface area contributed by atoms with Crippen molar-refractivity contribution in [3.63, 3.8) is 0 Å². The Labute approximate surface area is 164 Å². The van der Waals surface area contributed by atoms with Gasteiger partial charge >= 0.3 is 5.82 Å². The van der Waals surface area contributed by atoms with Crippen molar-refractivity contribution in [1.29, 1.82) is 0 Å². The molecule has 28 heavy (non-hydrogen) atoms. The lowest BCUT2D eigenvalue weighted by Gasteiger charge is -2.28. The lowest BCUT2D eigenvalue weighted by atomic mass is 10.2. The van der Waals surface area contributed by atoms with Crippen molar-refractivity contribution < 1.29 is 18.6 Å². The van der Waals surface area contributed by atoms with Crippen LogP contribution in [0.25, 0.3) is 16.3 Å². The summed E-state index contributed by atoms with van der Waals surface area (Å²) >= 11 is 0. The quantitative estimate of drug-likeness (QED) is 0.606. The number of rotatable bonds is 9. The fourth-order valence-electron chi connectivity index (χ4n) is 3.00. The molecule has 3 heterocycles. The normalized spacial score (nSPS) is 14.1. The van der Waals surface area contributed by atoms with E-state index >= 15 is 0 Å². The second-order valence-corrected chi connectivity index (χ2v) is 6.20. The molecule has 1 saturated heterocycles. The Morgan fingerprint density at radius 1 is 1.18 bits per heavy atom. The van der Waals surface area contributed by atoms with Crippen LogP contribution >= 0.6 is 0 Å². The Morgan fingerprint density at radius 2 is 1.89 bits per heavy atom. The largest absolute Gasteiger partial charge is 0.462 e. The number of hydrogen-bond acceptors (Lipinski definition) is 8. The van der Waals surface area contributed by atoms with Gasteiger partial charge in [0, 0.05) is 40.4 Å². The van der Waals surface area contributed by atoms with E-state index in [0.29, 0.717) is 75.7 Å². The van der Waals surface area contributed by atoms with Crippen LogP contribution in [0.1, 0.15) is 0 Å². The first-order chi connectivity index (χ1) is 13.8. The van der Waals surface area contributed by atoms with Crippen molar-refractivity contribution in [3.8, 4) is 11.5 Å². The second kappa shape index (κ2) is 10.0. The van der Waals surface area contributed by atoms with Gasteiger partial charge in [-0.2, -0.15) is 0 Å². The molecule has 1 aliphatic rings. The van der Waals surface area contributed by atoms with Crippen molar-refractivity contribution in [2.45, 2.75) is 0 Å². The maximum atomic E-state index is 7.65. The molecule has 0 spiro atoms. The Balaban J connectivity index is 2.06. The van der Waals surface area contributed by atoms with E-state index in [4.69, 9.17) is 30.2 Å². The average molecular weight is 387 g/mol. The molecule has 1 fully saturated rings. The molecule has 0 atom stereocenters. The third-order valence-corrected chi connectivity index (χ3v) is 4.44. The van der Waals surface area contributed by atoms with E-state index in [1.54, 1.807) is 20.5 Å². The highest BCUT2D eigenvalue weighted by Gasteiger charge is 2.27. The van der Waals surface area contributed by atoms with Gasteiger partial charge in [-0.25, -0.2) is 4.98 Å². The van der Waals surface area contributed by atoms with Crippen LogP contribution in [0.3, 0.4) is 0 Å². The van der Waals surface area contributed by atoms with Crippen LogP contribution in [-0.2, 0) is 14.2 Å². The zero-order chi connectivity index (χ0) is 19.8. The number of anilines is 2. The summed E-state index contributed by atoms with van der Waals surface area (Å²) in [6.45, 7) is 12.4. The van der Waals surface area contributed by atoms with E-state index in [2.05, 4.69) is 14.7 Å². The SMILES string of the molecule is [C-]#[N+]c1nc(N2CCOCC2)c(-c2ccco2)nc1N(CCOC)CCOC. The summed E-state index contributed by atoms with van der Waals surface area (Å²) in [5, 5.41) is 0. The molecular weight excluding hydrogens is 362 g/mol. The molecule has 9 heteroatoms. The predicted molar refractivity (Wildman–Crippen MR) is 105 cm³/mol. The molecule has 0 radical (unpaired) electrons. The zero-order valence-corrected chi connectivity index (χ0v) is 16.3. The Hall–Kier alpha value is -2.67. The van der Waals surface area contributed by atoms with Gasteiger partial charge in [0.25, 0.3) is 5.82 Å². The first kappa shape index (κ1) is 20.1. The zero-order valence-electron chi connectivity index (χ0n) is 16.3. The maximum Gasteiger partial charge on any atom is 0.314 e. The molecule has 0 unspecified atom stereocenters. The van der Waals surface area contributed by atoms with Gasteiger partial charge < -0.3 is 33.3 Å². The van der Waals surface area contributed by atoms with Crippen LogP contribution in [-0.4, -0.2) is 76.8 Å². The summed E-state index contributed by atoms with van der Waals surface area (Å²) in [4.78, 5) is 17.2. The lowest BCUT2D eigenvalue weighted by Crippen LogP contribution is -2.37. The second-order valence-electron chi connectivity index (χ2n) is 6.20. The molecule has 1 aliphatic heterocycles. The topological polar surface area (TPSA) is 77.5 Å². The maximum absolute atomic E-state index is 7.65. The molecule has 0 aliphatic carbocycles. The molecule has 0 amide bonds. The fraction of sp³-hybridized carbons (Fsp3) is 0.526. The smallest absolute Gasteiger partial charge is 0.314 e. The van der Waals surface area contributed by atoms with Crippen molar-refractivity contribution in [2.24, 2.45) is 0 Å². The molecule has 0 N–H and O–H groups in total. The van der Waals surface area contributed by atoms with Crippen LogP contribution in [0, 0.1) is 6.57 Å². The highest BCUT2D eigenvalue weighted by Crippen LogP contribution is 2.35. The van der Waals surface area contributed by atoms with Gasteiger partial charge in [-0.1, -0.05) is 11.6 Å². The summed E-state index contributed by atoms with van der Waals surface area (Å²) in [6, 6.07) is 3.67. The average Bonchev–Trinajstić information content (AvgIpc) is 3.28. The first-order valence-electron chi connectivity index (χ1n) is 9.17. The highest BCUT2D eigenvalue weighted by atomic mass is 16.5. The van der Waals surface area contributed by atoms with Gasteiger partial charge in [-0.3, -0.25) is 0 Å². The van der Waals surface area contributed by atoms with Gasteiger partial charge in [-0.15, -0.1) is 0 Å². The van der Waals surface area contributed by atoms with E-state index in [0.717, 1.165) is 0 Å². The molecule has 0 bridgehead atoms. The minimum Gasteiger partial charge on any atom is -0.462 e. The van der Waals surface area contributed by atoms with E-state index in [-0.39, 0.29) is 5.82 Å². The van der Waals surface area contributed by atoms with E-state index < -0.39 is 0 Å². The molecule has 9 nitrogen and oxygen atoms in total. The molecule has 0 saturated carbocycles. The monoisotopic (exact) mass is 387 g/mol. The van der Waals surface area contributed by atoms with Gasteiger partial charge in [0.05, 0.1) is 32.7 Å². The van der Waals surface area contributed by atoms with Crippen LogP contribution in [0.5, 0.6) is 0 Å². The van der Waals surface area contributed by atoms with Gasteiger partial charge in [0.15, 0.2) is 17.3 Å².